The fraction of sp³-hybridized carbons (Fsp3) is 0. The first kappa shape index (κ1) is 9.08. The number of para-hydroxylation sites is 2. The zero-order chi connectivity index (χ0) is 9.97. The summed E-state index contributed by atoms with van der Waals surface area (Å²) in [5.74, 6) is 0. The van der Waals surface area contributed by atoms with Gasteiger partial charge < -0.3 is 5.21 Å². The number of aromatic nitrogens is 2. The van der Waals surface area contributed by atoms with Crippen molar-refractivity contribution in [2.24, 2.45) is 5.16 Å². The van der Waals surface area contributed by atoms with Gasteiger partial charge in [-0.25, -0.2) is 4.98 Å². The van der Waals surface area contributed by atoms with Crippen LogP contribution in [-0.4, -0.2) is 19.8 Å². The second-order valence-corrected chi connectivity index (χ2v) is 3.39. The van der Waals surface area contributed by atoms with Crippen LogP contribution in [0.25, 0.3) is 11.0 Å². The van der Waals surface area contributed by atoms with Crippen LogP contribution in [0.1, 0.15) is 5.69 Å². The predicted octanol–water partition coefficient (Wildman–Crippen LogP) is 2.16. The highest BCUT2D eigenvalue weighted by Gasteiger charge is 2.03. The van der Waals surface area contributed by atoms with Crippen LogP contribution in [-0.2, 0) is 0 Å². The normalized spacial score (nSPS) is 11.9. The molecule has 0 atom stereocenters. The zero-order valence-corrected chi connectivity index (χ0v) is 8.64. The van der Waals surface area contributed by atoms with E-state index in [1.807, 2.05) is 24.3 Å². The number of hydrogen-bond donors (Lipinski definition) is 1. The standard InChI is InChI=1S/C9H6BrN3O/c10-9(13-14)8-5-11-6-3-1-2-4-7(6)12-8/h1-5,14H/b13-9+. The van der Waals surface area contributed by atoms with Crippen molar-refractivity contribution in [3.8, 4) is 0 Å². The maximum absolute atomic E-state index is 8.53. The van der Waals surface area contributed by atoms with E-state index in [1.54, 1.807) is 6.20 Å². The molecule has 2 aromatic rings. The fourth-order valence-corrected chi connectivity index (χ4v) is 1.30. The van der Waals surface area contributed by atoms with Crippen molar-refractivity contribution in [1.29, 1.82) is 0 Å². The highest BCUT2D eigenvalue weighted by atomic mass is 79.9. The Hall–Kier alpha value is -1.49. The SMILES string of the molecule is O/N=C(/Br)c1cnc2ccccc2n1. The van der Waals surface area contributed by atoms with Gasteiger partial charge in [0.2, 0.25) is 0 Å². The van der Waals surface area contributed by atoms with Gasteiger partial charge in [-0.2, -0.15) is 0 Å². The van der Waals surface area contributed by atoms with Crippen LogP contribution in [0.4, 0.5) is 0 Å². The van der Waals surface area contributed by atoms with Crippen molar-refractivity contribution >= 4 is 31.6 Å². The Morgan fingerprint density at radius 3 is 2.71 bits per heavy atom. The molecule has 0 aliphatic carbocycles. The van der Waals surface area contributed by atoms with Crippen molar-refractivity contribution in [2.75, 3.05) is 0 Å². The zero-order valence-electron chi connectivity index (χ0n) is 7.05. The van der Waals surface area contributed by atoms with Gasteiger partial charge >= 0.3 is 0 Å². The Kier molecular flexibility index (Phi) is 2.41. The Morgan fingerprint density at radius 2 is 2.00 bits per heavy atom. The lowest BCUT2D eigenvalue weighted by molar-refractivity contribution is 0.321. The van der Waals surface area contributed by atoms with E-state index in [2.05, 4.69) is 31.1 Å². The van der Waals surface area contributed by atoms with Crippen LogP contribution in [0.3, 0.4) is 0 Å². The summed E-state index contributed by atoms with van der Waals surface area (Å²) in [6.45, 7) is 0. The number of oxime groups is 1. The van der Waals surface area contributed by atoms with Gasteiger partial charge in [-0.15, -0.1) is 0 Å². The monoisotopic (exact) mass is 251 g/mol. The number of benzene rings is 1. The van der Waals surface area contributed by atoms with Gasteiger partial charge in [0.05, 0.1) is 17.2 Å². The lowest BCUT2D eigenvalue weighted by Crippen LogP contribution is -1.96. The van der Waals surface area contributed by atoms with Crippen molar-refractivity contribution in [2.45, 2.75) is 0 Å². The van der Waals surface area contributed by atoms with Crippen molar-refractivity contribution in [3.05, 3.63) is 36.2 Å². The summed E-state index contributed by atoms with van der Waals surface area (Å²) in [7, 11) is 0. The Labute approximate surface area is 88.4 Å². The molecule has 0 radical (unpaired) electrons. The molecule has 5 heteroatoms. The molecule has 4 nitrogen and oxygen atoms in total. The lowest BCUT2D eigenvalue weighted by atomic mass is 10.3. The summed E-state index contributed by atoms with van der Waals surface area (Å²) in [4.78, 5) is 8.41. The molecule has 0 saturated heterocycles. The van der Waals surface area contributed by atoms with Crippen LogP contribution in [0.2, 0.25) is 0 Å². The van der Waals surface area contributed by atoms with E-state index in [0.717, 1.165) is 11.0 Å². The molecule has 0 aliphatic heterocycles. The van der Waals surface area contributed by atoms with Crippen molar-refractivity contribution < 1.29 is 5.21 Å². The van der Waals surface area contributed by atoms with Gasteiger partial charge in [0.15, 0.2) is 4.62 Å². The maximum atomic E-state index is 8.53. The third-order valence-corrected chi connectivity index (χ3v) is 2.31. The van der Waals surface area contributed by atoms with E-state index >= 15 is 0 Å². The number of hydrogen-bond acceptors (Lipinski definition) is 4. The molecule has 70 valence electrons. The van der Waals surface area contributed by atoms with Gasteiger partial charge in [-0.05, 0) is 28.1 Å². The van der Waals surface area contributed by atoms with E-state index in [0.29, 0.717) is 5.69 Å². The number of rotatable bonds is 1. The first-order valence-corrected chi connectivity index (χ1v) is 4.70. The molecule has 0 fully saturated rings. The van der Waals surface area contributed by atoms with Crippen LogP contribution in [0, 0.1) is 0 Å². The second kappa shape index (κ2) is 3.71. The topological polar surface area (TPSA) is 58.4 Å². The van der Waals surface area contributed by atoms with E-state index in [1.165, 1.54) is 0 Å². The molecular formula is C9H6BrN3O. The second-order valence-electron chi connectivity index (χ2n) is 2.63. The molecule has 1 N–H and O–H groups in total. The molecule has 0 amide bonds. The van der Waals surface area contributed by atoms with Gasteiger partial charge in [0.25, 0.3) is 0 Å². The number of fused-ring (bicyclic) bond motifs is 1. The number of halogens is 1. The minimum Gasteiger partial charge on any atom is -0.410 e. The molecular weight excluding hydrogens is 246 g/mol. The highest BCUT2D eigenvalue weighted by molar-refractivity contribution is 9.18. The third-order valence-electron chi connectivity index (χ3n) is 1.75. The summed E-state index contributed by atoms with van der Waals surface area (Å²) in [6.07, 6.45) is 1.55. The average Bonchev–Trinajstić information content (AvgIpc) is 2.27. The molecule has 0 bridgehead atoms. The van der Waals surface area contributed by atoms with Gasteiger partial charge in [0, 0.05) is 0 Å². The molecule has 14 heavy (non-hydrogen) atoms. The van der Waals surface area contributed by atoms with Crippen LogP contribution < -0.4 is 0 Å². The molecule has 0 saturated carbocycles. The summed E-state index contributed by atoms with van der Waals surface area (Å²) < 4.78 is 0.274. The maximum Gasteiger partial charge on any atom is 0.172 e. The molecule has 1 aromatic carbocycles. The summed E-state index contributed by atoms with van der Waals surface area (Å²) >= 11 is 3.07. The smallest absolute Gasteiger partial charge is 0.172 e. The molecule has 0 unspecified atom stereocenters. The largest absolute Gasteiger partial charge is 0.410 e. The van der Waals surface area contributed by atoms with Crippen molar-refractivity contribution in [1.82, 2.24) is 9.97 Å². The Morgan fingerprint density at radius 1 is 1.29 bits per heavy atom. The minimum absolute atomic E-state index is 0.274. The van der Waals surface area contributed by atoms with Crippen LogP contribution in [0.5, 0.6) is 0 Å². The fourth-order valence-electron chi connectivity index (χ4n) is 1.11. The lowest BCUT2D eigenvalue weighted by Gasteiger charge is -1.98. The van der Waals surface area contributed by atoms with Gasteiger partial charge in [-0.1, -0.05) is 17.3 Å². The van der Waals surface area contributed by atoms with E-state index in [4.69, 9.17) is 5.21 Å². The summed E-state index contributed by atoms with van der Waals surface area (Å²) in [5.41, 5.74) is 2.09. The molecule has 0 spiro atoms. The van der Waals surface area contributed by atoms with Gasteiger partial charge in [0.1, 0.15) is 5.69 Å². The molecule has 0 aliphatic rings. The Balaban J connectivity index is 2.62. The predicted molar refractivity (Wildman–Crippen MR) is 56.8 cm³/mol. The van der Waals surface area contributed by atoms with Crippen molar-refractivity contribution in [3.63, 3.8) is 0 Å². The van der Waals surface area contributed by atoms with Gasteiger partial charge in [-0.3, -0.25) is 4.98 Å². The summed E-state index contributed by atoms with van der Waals surface area (Å²) in [6, 6.07) is 7.50. The summed E-state index contributed by atoms with van der Waals surface area (Å²) in [5, 5.41) is 11.5. The minimum atomic E-state index is 0.274. The van der Waals surface area contributed by atoms with Crippen LogP contribution in [0.15, 0.2) is 35.6 Å². The molecule has 1 heterocycles. The molecule has 1 aromatic heterocycles. The average molecular weight is 252 g/mol. The van der Waals surface area contributed by atoms with E-state index in [9.17, 15) is 0 Å². The first-order valence-electron chi connectivity index (χ1n) is 3.91. The highest BCUT2D eigenvalue weighted by Crippen LogP contribution is 2.10. The van der Waals surface area contributed by atoms with E-state index < -0.39 is 0 Å². The van der Waals surface area contributed by atoms with Crippen LogP contribution >= 0.6 is 15.9 Å². The number of nitrogens with zero attached hydrogens (tertiary/aromatic N) is 3. The third kappa shape index (κ3) is 1.58. The molecule has 2 rings (SSSR count). The quantitative estimate of drug-likeness (QED) is 0.480. The Bertz CT molecular complexity index is 498. The van der Waals surface area contributed by atoms with E-state index in [-0.39, 0.29) is 4.62 Å². The first-order chi connectivity index (χ1) is 6.81.